The van der Waals surface area contributed by atoms with Crippen molar-refractivity contribution in [3.8, 4) is 0 Å². The van der Waals surface area contributed by atoms with Gasteiger partial charge in [-0.25, -0.2) is 9.97 Å². The Morgan fingerprint density at radius 3 is 2.55 bits per heavy atom. The molecule has 1 unspecified atom stereocenters. The molecule has 0 amide bonds. The van der Waals surface area contributed by atoms with E-state index in [0.29, 0.717) is 5.92 Å². The fourth-order valence-electron chi connectivity index (χ4n) is 2.87. The summed E-state index contributed by atoms with van der Waals surface area (Å²) in [5, 5.41) is 0. The minimum Gasteiger partial charge on any atom is -0.298 e. The van der Waals surface area contributed by atoms with Gasteiger partial charge in [0.05, 0.1) is 0 Å². The van der Waals surface area contributed by atoms with Crippen LogP contribution >= 0.6 is 0 Å². The third kappa shape index (κ3) is 3.02. The monoisotopic (exact) mass is 268 g/mol. The Morgan fingerprint density at radius 2 is 1.85 bits per heavy atom. The molecule has 2 aromatic rings. The molecule has 3 heterocycles. The Morgan fingerprint density at radius 1 is 1.15 bits per heavy atom. The van der Waals surface area contributed by atoms with Crippen LogP contribution in [0.4, 0.5) is 0 Å². The van der Waals surface area contributed by atoms with E-state index < -0.39 is 0 Å². The van der Waals surface area contributed by atoms with Gasteiger partial charge in [0, 0.05) is 42.8 Å². The van der Waals surface area contributed by atoms with Crippen LogP contribution in [0.5, 0.6) is 0 Å². The van der Waals surface area contributed by atoms with Crippen molar-refractivity contribution in [2.75, 3.05) is 13.1 Å². The van der Waals surface area contributed by atoms with Gasteiger partial charge in [-0.2, -0.15) is 0 Å². The van der Waals surface area contributed by atoms with Crippen molar-refractivity contribution in [1.29, 1.82) is 0 Å². The Hall–Kier alpha value is -1.81. The quantitative estimate of drug-likeness (QED) is 0.857. The fraction of sp³-hybridized carbons (Fsp3) is 0.438. The van der Waals surface area contributed by atoms with Crippen LogP contribution in [0, 0.1) is 13.8 Å². The summed E-state index contributed by atoms with van der Waals surface area (Å²) in [6, 6.07) is 6.20. The van der Waals surface area contributed by atoms with Crippen molar-refractivity contribution < 1.29 is 0 Å². The molecule has 1 atom stereocenters. The molecule has 4 heteroatoms. The zero-order valence-electron chi connectivity index (χ0n) is 12.1. The minimum atomic E-state index is 0.468. The lowest BCUT2D eigenvalue weighted by molar-refractivity contribution is 0.325. The van der Waals surface area contributed by atoms with Crippen LogP contribution < -0.4 is 0 Å². The molecule has 0 N–H and O–H groups in total. The molecule has 0 spiro atoms. The molecule has 1 aliphatic heterocycles. The van der Waals surface area contributed by atoms with Gasteiger partial charge in [-0.15, -0.1) is 0 Å². The van der Waals surface area contributed by atoms with E-state index in [1.807, 2.05) is 32.3 Å². The number of aromatic nitrogens is 3. The highest BCUT2D eigenvalue weighted by molar-refractivity contribution is 5.14. The number of aryl methyl sites for hydroxylation is 2. The van der Waals surface area contributed by atoms with Crippen molar-refractivity contribution in [1.82, 2.24) is 19.9 Å². The SMILES string of the molecule is Cc1cc(C)nc(C2CCN(Cc3ccncc3)C2)n1. The smallest absolute Gasteiger partial charge is 0.133 e. The number of pyridine rings is 1. The highest BCUT2D eigenvalue weighted by atomic mass is 15.2. The van der Waals surface area contributed by atoms with E-state index in [9.17, 15) is 0 Å². The summed E-state index contributed by atoms with van der Waals surface area (Å²) in [7, 11) is 0. The van der Waals surface area contributed by atoms with Crippen molar-refractivity contribution >= 4 is 0 Å². The van der Waals surface area contributed by atoms with Crippen LogP contribution in [0.2, 0.25) is 0 Å². The van der Waals surface area contributed by atoms with Gasteiger partial charge in [0.2, 0.25) is 0 Å². The maximum Gasteiger partial charge on any atom is 0.133 e. The zero-order chi connectivity index (χ0) is 13.9. The Bertz CT molecular complexity index is 562. The molecule has 0 bridgehead atoms. The topological polar surface area (TPSA) is 41.9 Å². The minimum absolute atomic E-state index is 0.468. The second-order valence-corrected chi connectivity index (χ2v) is 5.59. The van der Waals surface area contributed by atoms with Crippen LogP contribution in [0.3, 0.4) is 0 Å². The predicted octanol–water partition coefficient (Wildman–Crippen LogP) is 2.48. The lowest BCUT2D eigenvalue weighted by atomic mass is 10.1. The largest absolute Gasteiger partial charge is 0.298 e. The van der Waals surface area contributed by atoms with Gasteiger partial charge in [-0.1, -0.05) is 0 Å². The van der Waals surface area contributed by atoms with Crippen molar-refractivity contribution in [3.63, 3.8) is 0 Å². The molecular weight excluding hydrogens is 248 g/mol. The van der Waals surface area contributed by atoms with E-state index in [4.69, 9.17) is 0 Å². The third-order valence-electron chi connectivity index (χ3n) is 3.79. The lowest BCUT2D eigenvalue weighted by Gasteiger charge is -2.15. The predicted molar refractivity (Wildman–Crippen MR) is 78.4 cm³/mol. The molecule has 4 nitrogen and oxygen atoms in total. The fourth-order valence-corrected chi connectivity index (χ4v) is 2.87. The summed E-state index contributed by atoms with van der Waals surface area (Å²) in [5.41, 5.74) is 3.46. The molecule has 20 heavy (non-hydrogen) atoms. The summed E-state index contributed by atoms with van der Waals surface area (Å²) in [6.07, 6.45) is 4.86. The maximum atomic E-state index is 4.61. The molecule has 1 saturated heterocycles. The number of likely N-dealkylation sites (tertiary alicyclic amines) is 1. The van der Waals surface area contributed by atoms with Crippen molar-refractivity contribution in [2.24, 2.45) is 0 Å². The van der Waals surface area contributed by atoms with Gasteiger partial charge >= 0.3 is 0 Å². The first-order valence-electron chi connectivity index (χ1n) is 7.14. The van der Waals surface area contributed by atoms with E-state index >= 15 is 0 Å². The molecule has 2 aromatic heterocycles. The van der Waals surface area contributed by atoms with Crippen LogP contribution in [-0.2, 0) is 6.54 Å². The Labute approximate surface area is 119 Å². The van der Waals surface area contributed by atoms with Gasteiger partial charge in [0.1, 0.15) is 5.82 Å². The zero-order valence-corrected chi connectivity index (χ0v) is 12.1. The van der Waals surface area contributed by atoms with Gasteiger partial charge in [0.25, 0.3) is 0 Å². The Balaban J connectivity index is 1.67. The molecule has 0 radical (unpaired) electrons. The standard InChI is InChI=1S/C16H20N4/c1-12-9-13(2)19-16(18-12)15-5-8-20(11-15)10-14-3-6-17-7-4-14/h3-4,6-7,9,15H,5,8,10-11H2,1-2H3. The van der Waals surface area contributed by atoms with E-state index in [-0.39, 0.29) is 0 Å². The average Bonchev–Trinajstić information content (AvgIpc) is 2.87. The molecule has 1 aliphatic rings. The van der Waals surface area contributed by atoms with Crippen LogP contribution in [0.25, 0.3) is 0 Å². The summed E-state index contributed by atoms with van der Waals surface area (Å²) in [4.78, 5) is 15.8. The summed E-state index contributed by atoms with van der Waals surface area (Å²) < 4.78 is 0. The molecule has 104 valence electrons. The molecular formula is C16H20N4. The second-order valence-electron chi connectivity index (χ2n) is 5.59. The highest BCUT2D eigenvalue weighted by Crippen LogP contribution is 2.26. The van der Waals surface area contributed by atoms with Crippen LogP contribution in [-0.4, -0.2) is 32.9 Å². The van der Waals surface area contributed by atoms with Crippen molar-refractivity contribution in [3.05, 3.63) is 53.4 Å². The molecule has 0 aromatic carbocycles. The van der Waals surface area contributed by atoms with E-state index in [1.165, 1.54) is 5.56 Å². The van der Waals surface area contributed by atoms with Gasteiger partial charge < -0.3 is 0 Å². The summed E-state index contributed by atoms with van der Waals surface area (Å²) in [5.74, 6) is 1.48. The number of hydrogen-bond donors (Lipinski definition) is 0. The van der Waals surface area contributed by atoms with Gasteiger partial charge in [-0.3, -0.25) is 9.88 Å². The van der Waals surface area contributed by atoms with Crippen LogP contribution in [0.15, 0.2) is 30.6 Å². The second kappa shape index (κ2) is 5.67. The average molecular weight is 268 g/mol. The van der Waals surface area contributed by atoms with E-state index in [2.05, 4.69) is 32.0 Å². The van der Waals surface area contributed by atoms with Gasteiger partial charge in [0.15, 0.2) is 0 Å². The molecule has 1 fully saturated rings. The number of rotatable bonds is 3. The third-order valence-corrected chi connectivity index (χ3v) is 3.79. The number of nitrogens with zero attached hydrogens (tertiary/aromatic N) is 4. The lowest BCUT2D eigenvalue weighted by Crippen LogP contribution is -2.20. The number of hydrogen-bond acceptors (Lipinski definition) is 4. The summed E-state index contributed by atoms with van der Waals surface area (Å²) in [6.45, 7) is 7.24. The first kappa shape index (κ1) is 13.2. The van der Waals surface area contributed by atoms with Crippen LogP contribution in [0.1, 0.15) is 35.1 Å². The van der Waals surface area contributed by atoms with Crippen molar-refractivity contribution in [2.45, 2.75) is 32.7 Å². The molecule has 0 aliphatic carbocycles. The molecule has 0 saturated carbocycles. The first-order chi connectivity index (χ1) is 9.70. The van der Waals surface area contributed by atoms with E-state index in [1.54, 1.807) is 0 Å². The van der Waals surface area contributed by atoms with Gasteiger partial charge in [-0.05, 0) is 50.6 Å². The maximum absolute atomic E-state index is 4.61. The normalized spacial score (nSPS) is 19.4. The highest BCUT2D eigenvalue weighted by Gasteiger charge is 2.26. The summed E-state index contributed by atoms with van der Waals surface area (Å²) >= 11 is 0. The van der Waals surface area contributed by atoms with E-state index in [0.717, 1.165) is 43.3 Å². The Kier molecular flexibility index (Phi) is 3.74. The molecule has 3 rings (SSSR count). The first-order valence-corrected chi connectivity index (χ1v) is 7.14.